The normalized spacial score (nSPS) is 18.1. The van der Waals surface area contributed by atoms with E-state index in [-0.39, 0.29) is 30.6 Å². The van der Waals surface area contributed by atoms with Crippen LogP contribution >= 0.6 is 0 Å². The van der Waals surface area contributed by atoms with E-state index >= 15 is 0 Å². The van der Waals surface area contributed by atoms with Crippen LogP contribution in [0.3, 0.4) is 0 Å². The van der Waals surface area contributed by atoms with Crippen molar-refractivity contribution in [2.24, 2.45) is 5.92 Å². The van der Waals surface area contributed by atoms with Crippen molar-refractivity contribution < 1.29 is 23.7 Å². The zero-order chi connectivity index (χ0) is 25.2. The van der Waals surface area contributed by atoms with Gasteiger partial charge in [-0.25, -0.2) is 4.98 Å². The Bertz CT molecular complexity index is 979. The van der Waals surface area contributed by atoms with Crippen LogP contribution in [0.4, 0.5) is 0 Å². The molecule has 0 saturated carbocycles. The molecule has 10 nitrogen and oxygen atoms in total. The van der Waals surface area contributed by atoms with Gasteiger partial charge in [-0.05, 0) is 24.8 Å². The van der Waals surface area contributed by atoms with Crippen LogP contribution in [0.2, 0.25) is 0 Å². The van der Waals surface area contributed by atoms with Gasteiger partial charge in [-0.15, -0.1) is 0 Å². The number of aromatic nitrogens is 2. The minimum atomic E-state index is -0.938. The van der Waals surface area contributed by atoms with E-state index in [2.05, 4.69) is 25.9 Å². The van der Waals surface area contributed by atoms with Crippen LogP contribution in [0, 0.1) is 5.92 Å². The molecule has 2 amide bonds. The second kappa shape index (κ2) is 13.0. The van der Waals surface area contributed by atoms with Crippen LogP contribution in [0.5, 0.6) is 0 Å². The van der Waals surface area contributed by atoms with Gasteiger partial charge >= 0.3 is 13.1 Å². The van der Waals surface area contributed by atoms with E-state index in [1.807, 2.05) is 51.1 Å². The average molecular weight is 481 g/mol. The van der Waals surface area contributed by atoms with Crippen molar-refractivity contribution in [2.45, 2.75) is 51.6 Å². The molecule has 0 aliphatic carbocycles. The molecule has 35 heavy (non-hydrogen) atoms. The summed E-state index contributed by atoms with van der Waals surface area (Å²) in [6, 6.07) is 8.44. The fourth-order valence-corrected chi connectivity index (χ4v) is 3.70. The predicted molar refractivity (Wildman–Crippen MR) is 130 cm³/mol. The van der Waals surface area contributed by atoms with Crippen LogP contribution in [-0.4, -0.2) is 66.0 Å². The second-order valence-electron chi connectivity index (χ2n) is 9.02. The van der Waals surface area contributed by atoms with Crippen LogP contribution < -0.4 is 16.0 Å². The standard InChI is InChI=1S/C24H32BN5O5/c1-16(2)11-21(25-34-15-17(3)28-14-22(31)35-25)30-23(32)19(12-18-7-5-4-6-8-18)29-24(33)20-13-26-9-10-27-20/h4-10,13,16-17,19,21,28H,11-12,14-15H2,1-3H3,(H,29,33)(H,30,32)/t17-,19+,21+/m1/s1. The molecule has 3 rings (SSSR count). The summed E-state index contributed by atoms with van der Waals surface area (Å²) >= 11 is 0. The van der Waals surface area contributed by atoms with Gasteiger partial charge in [0.25, 0.3) is 5.91 Å². The van der Waals surface area contributed by atoms with Crippen LogP contribution in [-0.2, 0) is 25.3 Å². The molecule has 1 aliphatic rings. The highest BCUT2D eigenvalue weighted by Crippen LogP contribution is 2.13. The van der Waals surface area contributed by atoms with Crippen molar-refractivity contribution in [2.75, 3.05) is 13.2 Å². The third-order valence-corrected chi connectivity index (χ3v) is 5.43. The molecule has 1 saturated heterocycles. The SMILES string of the molecule is CC(C)C[C@H](NC(=O)[C@H](Cc1ccccc1)NC(=O)c1cnccn1)B1OC[C@@H](C)NCC(=O)O1. The molecule has 2 heterocycles. The summed E-state index contributed by atoms with van der Waals surface area (Å²) in [5.74, 6) is -1.79. The molecule has 1 aromatic heterocycles. The van der Waals surface area contributed by atoms with Gasteiger partial charge in [0.2, 0.25) is 5.91 Å². The first-order chi connectivity index (χ1) is 16.8. The second-order valence-corrected chi connectivity index (χ2v) is 9.02. The molecule has 3 N–H and O–H groups in total. The number of nitrogens with one attached hydrogen (secondary N) is 3. The highest BCUT2D eigenvalue weighted by atomic mass is 16.6. The van der Waals surface area contributed by atoms with Crippen molar-refractivity contribution >= 4 is 24.9 Å². The number of benzene rings is 1. The smallest absolute Gasteiger partial charge is 0.507 e. The molecule has 1 fully saturated rings. The monoisotopic (exact) mass is 481 g/mol. The zero-order valence-corrected chi connectivity index (χ0v) is 20.3. The van der Waals surface area contributed by atoms with Gasteiger partial charge in [0.15, 0.2) is 0 Å². The predicted octanol–water partition coefficient (Wildman–Crippen LogP) is 0.928. The maximum atomic E-state index is 13.5. The van der Waals surface area contributed by atoms with E-state index in [0.717, 1.165) is 5.56 Å². The van der Waals surface area contributed by atoms with E-state index in [1.54, 1.807) is 0 Å². The molecule has 0 bridgehead atoms. The molecule has 0 spiro atoms. The number of carbonyl (C=O) groups excluding carboxylic acids is 3. The summed E-state index contributed by atoms with van der Waals surface area (Å²) in [4.78, 5) is 46.4. The van der Waals surface area contributed by atoms with Crippen molar-refractivity contribution in [3.63, 3.8) is 0 Å². The molecule has 0 radical (unpaired) electrons. The number of amides is 2. The summed E-state index contributed by atoms with van der Waals surface area (Å²) in [6.45, 7) is 6.30. The van der Waals surface area contributed by atoms with Crippen molar-refractivity contribution in [1.29, 1.82) is 0 Å². The van der Waals surface area contributed by atoms with Gasteiger partial charge in [-0.2, -0.15) is 0 Å². The molecule has 1 aromatic carbocycles. The molecule has 2 aromatic rings. The lowest BCUT2D eigenvalue weighted by atomic mass is 9.73. The minimum absolute atomic E-state index is 0.0437. The molecular weight excluding hydrogens is 449 g/mol. The van der Waals surface area contributed by atoms with Crippen LogP contribution in [0.25, 0.3) is 0 Å². The Balaban J connectivity index is 1.79. The summed E-state index contributed by atoms with van der Waals surface area (Å²) in [7, 11) is -0.938. The largest absolute Gasteiger partial charge is 0.551 e. The Labute approximate surface area is 205 Å². The molecular formula is C24H32BN5O5. The number of carbonyl (C=O) groups is 3. The van der Waals surface area contributed by atoms with Gasteiger partial charge < -0.3 is 25.3 Å². The summed E-state index contributed by atoms with van der Waals surface area (Å²) < 4.78 is 11.4. The maximum absolute atomic E-state index is 13.5. The fraction of sp³-hybridized carbons (Fsp3) is 0.458. The molecule has 11 heteroatoms. The summed E-state index contributed by atoms with van der Waals surface area (Å²) in [5.41, 5.74) is 0.983. The third kappa shape index (κ3) is 8.45. The Morgan fingerprint density at radius 2 is 1.97 bits per heavy atom. The lowest BCUT2D eigenvalue weighted by Gasteiger charge is -2.30. The zero-order valence-electron chi connectivity index (χ0n) is 20.3. The van der Waals surface area contributed by atoms with E-state index in [1.165, 1.54) is 18.6 Å². The average Bonchev–Trinajstić information content (AvgIpc) is 2.84. The minimum Gasteiger partial charge on any atom is -0.507 e. The fourth-order valence-electron chi connectivity index (χ4n) is 3.70. The Morgan fingerprint density at radius 1 is 1.20 bits per heavy atom. The number of hydrogen-bond acceptors (Lipinski definition) is 8. The number of rotatable bonds is 9. The molecule has 186 valence electrons. The number of nitrogens with zero attached hydrogens (tertiary/aromatic N) is 2. The highest BCUT2D eigenvalue weighted by Gasteiger charge is 2.38. The topological polar surface area (TPSA) is 132 Å². The molecule has 0 unspecified atom stereocenters. The van der Waals surface area contributed by atoms with Gasteiger partial charge in [-0.1, -0.05) is 44.2 Å². The van der Waals surface area contributed by atoms with Gasteiger partial charge in [0.1, 0.15) is 11.7 Å². The Kier molecular flexibility index (Phi) is 9.74. The van der Waals surface area contributed by atoms with E-state index in [4.69, 9.17) is 9.31 Å². The van der Waals surface area contributed by atoms with Crippen LogP contribution in [0.15, 0.2) is 48.9 Å². The first-order valence-electron chi connectivity index (χ1n) is 11.8. The van der Waals surface area contributed by atoms with Crippen LogP contribution in [0.1, 0.15) is 43.2 Å². The summed E-state index contributed by atoms with van der Waals surface area (Å²) in [6.07, 6.45) is 5.00. The number of hydrogen-bond donors (Lipinski definition) is 3. The Morgan fingerprint density at radius 3 is 2.66 bits per heavy atom. The van der Waals surface area contributed by atoms with Gasteiger partial charge in [0, 0.05) is 31.5 Å². The lowest BCUT2D eigenvalue weighted by Crippen LogP contribution is -2.58. The van der Waals surface area contributed by atoms with Crippen molar-refractivity contribution in [3.05, 3.63) is 60.2 Å². The first-order valence-corrected chi connectivity index (χ1v) is 11.8. The van der Waals surface area contributed by atoms with E-state index in [0.29, 0.717) is 13.0 Å². The molecule has 3 atom stereocenters. The quantitative estimate of drug-likeness (QED) is 0.451. The van der Waals surface area contributed by atoms with Gasteiger partial charge in [-0.3, -0.25) is 19.4 Å². The third-order valence-electron chi connectivity index (χ3n) is 5.43. The van der Waals surface area contributed by atoms with E-state index in [9.17, 15) is 14.4 Å². The first kappa shape index (κ1) is 26.3. The molecule has 1 aliphatic heterocycles. The van der Waals surface area contributed by atoms with Gasteiger partial charge in [0.05, 0.1) is 18.7 Å². The summed E-state index contributed by atoms with van der Waals surface area (Å²) in [5, 5.41) is 8.75. The van der Waals surface area contributed by atoms with E-state index < -0.39 is 36.9 Å². The van der Waals surface area contributed by atoms with Crippen molar-refractivity contribution in [3.8, 4) is 0 Å². The Hall–Kier alpha value is -3.31. The highest BCUT2D eigenvalue weighted by molar-refractivity contribution is 6.49. The van der Waals surface area contributed by atoms with Crippen molar-refractivity contribution in [1.82, 2.24) is 25.9 Å². The maximum Gasteiger partial charge on any atom is 0.551 e. The lowest BCUT2D eigenvalue weighted by molar-refractivity contribution is -0.136.